The first-order chi connectivity index (χ1) is 12.6. The van der Waals surface area contributed by atoms with Gasteiger partial charge in [0.1, 0.15) is 0 Å². The second-order valence-corrected chi connectivity index (χ2v) is 7.60. The van der Waals surface area contributed by atoms with Gasteiger partial charge < -0.3 is 5.32 Å². The van der Waals surface area contributed by atoms with Crippen molar-refractivity contribution in [2.24, 2.45) is 0 Å². The summed E-state index contributed by atoms with van der Waals surface area (Å²) in [5.41, 5.74) is -0.0632. The lowest BCUT2D eigenvalue weighted by Gasteiger charge is -2.10. The van der Waals surface area contributed by atoms with E-state index >= 15 is 0 Å². The Morgan fingerprint density at radius 1 is 1.30 bits per heavy atom. The van der Waals surface area contributed by atoms with Gasteiger partial charge in [0.15, 0.2) is 0 Å². The Morgan fingerprint density at radius 2 is 2.04 bits per heavy atom. The number of hydrogen-bond acceptors (Lipinski definition) is 4. The summed E-state index contributed by atoms with van der Waals surface area (Å²) in [7, 11) is -4.23. The zero-order valence-electron chi connectivity index (χ0n) is 14.5. The van der Waals surface area contributed by atoms with Crippen LogP contribution in [0.15, 0.2) is 41.6 Å². The second kappa shape index (κ2) is 8.53. The average Bonchev–Trinajstić information content (AvgIpc) is 3.02. The summed E-state index contributed by atoms with van der Waals surface area (Å²) in [5.74, 6) is -0.581. The van der Waals surface area contributed by atoms with Gasteiger partial charge in [-0.1, -0.05) is 6.07 Å². The summed E-state index contributed by atoms with van der Waals surface area (Å²) in [6, 6.07) is 3.31. The number of carbonyl (C=O) groups is 1. The van der Waals surface area contributed by atoms with E-state index in [9.17, 15) is 26.4 Å². The van der Waals surface area contributed by atoms with Crippen molar-refractivity contribution in [3.05, 3.63) is 47.8 Å². The molecule has 0 saturated carbocycles. The van der Waals surface area contributed by atoms with Gasteiger partial charge in [0.2, 0.25) is 15.9 Å². The van der Waals surface area contributed by atoms with Crippen LogP contribution in [0, 0.1) is 6.92 Å². The molecule has 2 aromatic rings. The van der Waals surface area contributed by atoms with Crippen molar-refractivity contribution in [1.82, 2.24) is 19.8 Å². The number of aryl methyl sites for hydroxylation is 2. The van der Waals surface area contributed by atoms with Crippen molar-refractivity contribution < 1.29 is 26.4 Å². The van der Waals surface area contributed by atoms with Gasteiger partial charge >= 0.3 is 6.18 Å². The molecule has 11 heteroatoms. The molecule has 1 amide bonds. The second-order valence-electron chi connectivity index (χ2n) is 5.83. The molecule has 0 atom stereocenters. The Balaban J connectivity index is 1.81. The van der Waals surface area contributed by atoms with Crippen molar-refractivity contribution >= 4 is 15.9 Å². The standard InChI is InChI=1S/C16H19F3N4O3S/c1-12-9-21-23(11-12)7-3-6-20-15(24)10-22-27(25,26)14-5-2-4-13(8-14)16(17,18)19/h2,4-5,8-9,11,22H,3,6-7,10H2,1H3,(H,20,24). The van der Waals surface area contributed by atoms with Crippen molar-refractivity contribution in [3.63, 3.8) is 0 Å². The van der Waals surface area contributed by atoms with Gasteiger partial charge in [0.05, 0.1) is 23.2 Å². The van der Waals surface area contributed by atoms with Crippen molar-refractivity contribution in [3.8, 4) is 0 Å². The summed E-state index contributed by atoms with van der Waals surface area (Å²) >= 11 is 0. The van der Waals surface area contributed by atoms with E-state index < -0.39 is 39.1 Å². The number of sulfonamides is 1. The minimum atomic E-state index is -4.66. The summed E-state index contributed by atoms with van der Waals surface area (Å²) in [6.45, 7) is 2.23. The maximum atomic E-state index is 12.7. The first kappa shape index (κ1) is 20.9. The maximum absolute atomic E-state index is 12.7. The molecule has 0 aliphatic carbocycles. The fourth-order valence-electron chi connectivity index (χ4n) is 2.20. The van der Waals surface area contributed by atoms with Gasteiger partial charge in [0, 0.05) is 19.3 Å². The van der Waals surface area contributed by atoms with Crippen molar-refractivity contribution in [2.75, 3.05) is 13.1 Å². The van der Waals surface area contributed by atoms with Crippen LogP contribution in [0.25, 0.3) is 0 Å². The lowest BCUT2D eigenvalue weighted by Crippen LogP contribution is -2.37. The lowest BCUT2D eigenvalue weighted by molar-refractivity contribution is -0.137. The molecule has 0 aliphatic rings. The van der Waals surface area contributed by atoms with Crippen LogP contribution in [0.4, 0.5) is 13.2 Å². The molecule has 0 saturated heterocycles. The lowest BCUT2D eigenvalue weighted by atomic mass is 10.2. The Morgan fingerprint density at radius 3 is 2.67 bits per heavy atom. The largest absolute Gasteiger partial charge is 0.416 e. The van der Waals surface area contributed by atoms with Crippen molar-refractivity contribution in [1.29, 1.82) is 0 Å². The maximum Gasteiger partial charge on any atom is 0.416 e. The van der Waals surface area contributed by atoms with Crippen LogP contribution in [-0.2, 0) is 27.5 Å². The summed E-state index contributed by atoms with van der Waals surface area (Å²) in [6.07, 6.45) is -0.505. The van der Waals surface area contributed by atoms with E-state index in [1.807, 2.05) is 17.8 Å². The number of aromatic nitrogens is 2. The zero-order valence-corrected chi connectivity index (χ0v) is 15.3. The van der Waals surface area contributed by atoms with Crippen LogP contribution in [0.2, 0.25) is 0 Å². The molecule has 1 aromatic carbocycles. The zero-order chi connectivity index (χ0) is 20.1. The quantitative estimate of drug-likeness (QED) is 0.655. The Hall–Kier alpha value is -2.40. The van der Waals surface area contributed by atoms with Crippen LogP contribution >= 0.6 is 0 Å². The number of rotatable bonds is 8. The number of hydrogen-bond donors (Lipinski definition) is 2. The van der Waals surface area contributed by atoms with Gasteiger partial charge in [-0.2, -0.15) is 18.3 Å². The fraction of sp³-hybridized carbons (Fsp3) is 0.375. The first-order valence-electron chi connectivity index (χ1n) is 8.00. The number of benzene rings is 1. The molecule has 27 heavy (non-hydrogen) atoms. The van der Waals surface area contributed by atoms with Crippen LogP contribution in [-0.4, -0.2) is 37.2 Å². The predicted molar refractivity (Wildman–Crippen MR) is 91.2 cm³/mol. The Bertz CT molecular complexity index is 894. The monoisotopic (exact) mass is 404 g/mol. The van der Waals surface area contributed by atoms with E-state index in [2.05, 4.69) is 10.4 Å². The number of halogens is 3. The van der Waals surface area contributed by atoms with Crippen LogP contribution in [0.5, 0.6) is 0 Å². The highest BCUT2D eigenvalue weighted by molar-refractivity contribution is 7.89. The molecule has 0 aliphatic heterocycles. The highest BCUT2D eigenvalue weighted by Crippen LogP contribution is 2.30. The number of nitrogens with zero attached hydrogens (tertiary/aromatic N) is 2. The smallest absolute Gasteiger partial charge is 0.355 e. The normalized spacial score (nSPS) is 12.1. The molecule has 1 heterocycles. The summed E-state index contributed by atoms with van der Waals surface area (Å²) < 4.78 is 65.9. The number of carbonyl (C=O) groups excluding carboxylic acids is 1. The van der Waals surface area contributed by atoms with E-state index in [1.165, 1.54) is 0 Å². The molecule has 0 radical (unpaired) electrons. The molecule has 2 N–H and O–H groups in total. The third kappa shape index (κ3) is 6.36. The van der Waals surface area contributed by atoms with Crippen molar-refractivity contribution in [2.45, 2.75) is 31.0 Å². The fourth-order valence-corrected chi connectivity index (χ4v) is 3.23. The van der Waals surface area contributed by atoms with Crippen LogP contribution < -0.4 is 10.0 Å². The van der Waals surface area contributed by atoms with Gasteiger partial charge in [-0.15, -0.1) is 0 Å². The van der Waals surface area contributed by atoms with Gasteiger partial charge in [-0.05, 0) is 37.1 Å². The molecule has 1 aromatic heterocycles. The Kier molecular flexibility index (Phi) is 6.60. The van der Waals surface area contributed by atoms with E-state index in [4.69, 9.17) is 0 Å². The highest BCUT2D eigenvalue weighted by Gasteiger charge is 2.31. The highest BCUT2D eigenvalue weighted by atomic mass is 32.2. The van der Waals surface area contributed by atoms with Gasteiger partial charge in [-0.25, -0.2) is 13.1 Å². The Labute approximate surface area is 154 Å². The minimum absolute atomic E-state index is 0.309. The molecule has 0 fully saturated rings. The van der Waals surface area contributed by atoms with Crippen LogP contribution in [0.3, 0.4) is 0 Å². The molecular formula is C16H19F3N4O3S. The average molecular weight is 404 g/mol. The van der Waals surface area contributed by atoms with Crippen LogP contribution in [0.1, 0.15) is 17.5 Å². The first-order valence-corrected chi connectivity index (χ1v) is 9.49. The van der Waals surface area contributed by atoms with E-state index in [0.717, 1.165) is 23.8 Å². The van der Waals surface area contributed by atoms with E-state index in [-0.39, 0.29) is 0 Å². The van der Waals surface area contributed by atoms with Gasteiger partial charge in [-0.3, -0.25) is 9.48 Å². The molecular weight excluding hydrogens is 385 g/mol. The van der Waals surface area contributed by atoms with E-state index in [1.54, 1.807) is 10.9 Å². The predicted octanol–water partition coefficient (Wildman–Crippen LogP) is 1.70. The third-order valence-corrected chi connectivity index (χ3v) is 4.94. The molecule has 7 nitrogen and oxygen atoms in total. The van der Waals surface area contributed by atoms with Gasteiger partial charge in [0.25, 0.3) is 0 Å². The summed E-state index contributed by atoms with van der Waals surface area (Å²) in [5, 5.41) is 6.62. The SMILES string of the molecule is Cc1cnn(CCCNC(=O)CNS(=O)(=O)c2cccc(C(F)(F)F)c2)c1. The number of amides is 1. The number of alkyl halides is 3. The minimum Gasteiger partial charge on any atom is -0.355 e. The molecule has 0 spiro atoms. The van der Waals surface area contributed by atoms with E-state index in [0.29, 0.717) is 25.6 Å². The third-order valence-electron chi connectivity index (χ3n) is 3.54. The molecule has 0 bridgehead atoms. The molecule has 0 unspecified atom stereocenters. The topological polar surface area (TPSA) is 93.1 Å². The molecule has 148 valence electrons. The number of nitrogens with one attached hydrogen (secondary N) is 2. The summed E-state index contributed by atoms with van der Waals surface area (Å²) in [4.78, 5) is 11.2. The molecule has 2 rings (SSSR count).